The lowest BCUT2D eigenvalue weighted by atomic mass is 9.96. The second-order valence-electron chi connectivity index (χ2n) is 3.05. The van der Waals surface area contributed by atoms with Crippen molar-refractivity contribution in [3.8, 4) is 0 Å². The molecule has 0 aliphatic carbocycles. The van der Waals surface area contributed by atoms with E-state index in [-0.39, 0.29) is 24.0 Å². The average Bonchev–Trinajstić information content (AvgIpc) is 2.32. The average molecular weight is 245 g/mol. The molecule has 0 amide bonds. The van der Waals surface area contributed by atoms with Crippen molar-refractivity contribution < 1.29 is 8.85 Å². The quantitative estimate of drug-likeness (QED) is 0.710. The number of rotatable bonds is 1. The van der Waals surface area contributed by atoms with Crippen molar-refractivity contribution in [3.63, 3.8) is 0 Å². The number of aromatic nitrogens is 1. The molecule has 3 heteroatoms. The van der Waals surface area contributed by atoms with Gasteiger partial charge in [0.15, 0.2) is 0 Å². The zero-order chi connectivity index (χ0) is 11.7. The summed E-state index contributed by atoms with van der Waals surface area (Å²) in [6.45, 7) is 1.36. The molecule has 0 bridgehead atoms. The molecule has 0 N–H and O–H groups in total. The van der Waals surface area contributed by atoms with Crippen molar-refractivity contribution >= 4 is 15.9 Å². The third-order valence-corrected chi connectivity index (χ3v) is 2.56. The van der Waals surface area contributed by atoms with Crippen LogP contribution in [0, 0.1) is 0 Å². The number of pyridine rings is 1. The molecule has 0 atom stereocenters. The van der Waals surface area contributed by atoms with Gasteiger partial charge in [-0.15, -0.1) is 0 Å². The van der Waals surface area contributed by atoms with Crippen LogP contribution in [0.5, 0.6) is 0 Å². The Morgan fingerprint density at radius 3 is 3.00 bits per heavy atom. The van der Waals surface area contributed by atoms with E-state index >= 15 is 0 Å². The van der Waals surface area contributed by atoms with Crippen LogP contribution in [0.1, 0.15) is 28.6 Å². The largest absolute Gasteiger partial charge is 0.381 e. The second kappa shape index (κ2) is 4.20. The molecule has 2 heterocycles. The van der Waals surface area contributed by atoms with E-state index in [2.05, 4.69) is 20.9 Å². The van der Waals surface area contributed by atoms with Crippen LogP contribution in [0.2, 0.25) is 0 Å². The van der Waals surface area contributed by atoms with Crippen LogP contribution >= 0.6 is 15.9 Å². The van der Waals surface area contributed by atoms with E-state index in [1.165, 1.54) is 0 Å². The van der Waals surface area contributed by atoms with Gasteiger partial charge >= 0.3 is 0 Å². The highest BCUT2D eigenvalue weighted by molar-refractivity contribution is 9.10. The van der Waals surface area contributed by atoms with Crippen LogP contribution in [-0.4, -0.2) is 18.2 Å². The fraction of sp³-hybridized carbons (Fsp3) is 0.500. The van der Waals surface area contributed by atoms with Gasteiger partial charge in [-0.3, -0.25) is 0 Å². The topological polar surface area (TPSA) is 22.1 Å². The maximum atomic E-state index is 7.84. The molecule has 0 unspecified atom stereocenters. The van der Waals surface area contributed by atoms with Crippen LogP contribution in [0.3, 0.4) is 0 Å². The Kier molecular flexibility index (Phi) is 1.99. The Labute approximate surface area is 90.7 Å². The van der Waals surface area contributed by atoms with E-state index in [1.54, 1.807) is 0 Å². The molecule has 13 heavy (non-hydrogen) atoms. The highest BCUT2D eigenvalue weighted by atomic mass is 79.9. The summed E-state index contributed by atoms with van der Waals surface area (Å²) < 4.78 is 28.7. The van der Waals surface area contributed by atoms with E-state index in [9.17, 15) is 0 Å². The summed E-state index contributed by atoms with van der Waals surface area (Å²) in [5, 5.41) is 0. The molecule has 1 aromatic heterocycles. The Morgan fingerprint density at radius 1 is 1.46 bits per heavy atom. The van der Waals surface area contributed by atoms with E-state index in [4.69, 9.17) is 8.85 Å². The van der Waals surface area contributed by atoms with Crippen LogP contribution in [-0.2, 0) is 4.74 Å². The van der Waals surface area contributed by atoms with Gasteiger partial charge in [-0.05, 0) is 40.9 Å². The molecule has 1 aliphatic heterocycles. The molecule has 2 rings (SSSR count). The lowest BCUT2D eigenvalue weighted by Gasteiger charge is -2.21. The van der Waals surface area contributed by atoms with Crippen molar-refractivity contribution in [2.24, 2.45) is 0 Å². The summed E-state index contributed by atoms with van der Waals surface area (Å²) in [6.07, 6.45) is 1.67. The molecule has 1 fully saturated rings. The highest BCUT2D eigenvalue weighted by Gasteiger charge is 2.16. The SMILES string of the molecule is [2H]c1c(Br)nc(C2CCOCC2)c([2H])c1[2H]. The molecule has 1 aliphatic rings. The minimum atomic E-state index is -0.0524. The third kappa shape index (κ3) is 2.29. The van der Waals surface area contributed by atoms with Crippen LogP contribution < -0.4 is 0 Å². The fourth-order valence-electron chi connectivity index (χ4n) is 1.47. The Balaban J connectivity index is 2.40. The molecule has 2 nitrogen and oxygen atoms in total. The van der Waals surface area contributed by atoms with Crippen molar-refractivity contribution in [1.29, 1.82) is 0 Å². The van der Waals surface area contributed by atoms with Crippen molar-refractivity contribution in [2.75, 3.05) is 13.2 Å². The Hall–Kier alpha value is -0.410. The first-order valence-corrected chi connectivity index (χ1v) is 5.11. The van der Waals surface area contributed by atoms with Crippen molar-refractivity contribution in [1.82, 2.24) is 4.98 Å². The minimum Gasteiger partial charge on any atom is -0.381 e. The van der Waals surface area contributed by atoms with Crippen LogP contribution in [0.4, 0.5) is 0 Å². The lowest BCUT2D eigenvalue weighted by Crippen LogP contribution is -2.15. The van der Waals surface area contributed by atoms with Crippen LogP contribution in [0.25, 0.3) is 0 Å². The van der Waals surface area contributed by atoms with E-state index < -0.39 is 0 Å². The lowest BCUT2D eigenvalue weighted by molar-refractivity contribution is 0.0845. The molecule has 0 radical (unpaired) electrons. The van der Waals surface area contributed by atoms with Gasteiger partial charge < -0.3 is 4.74 Å². The van der Waals surface area contributed by atoms with E-state index in [0.29, 0.717) is 23.5 Å². The van der Waals surface area contributed by atoms with Gasteiger partial charge in [0.1, 0.15) is 4.60 Å². The molecule has 70 valence electrons. The number of hydrogen-bond donors (Lipinski definition) is 0. The van der Waals surface area contributed by atoms with Crippen LogP contribution in [0.15, 0.2) is 22.7 Å². The second-order valence-corrected chi connectivity index (χ2v) is 3.80. The summed E-state index contributed by atoms with van der Waals surface area (Å²) in [5.74, 6) is 0.183. The Morgan fingerprint density at radius 2 is 2.23 bits per heavy atom. The van der Waals surface area contributed by atoms with Gasteiger partial charge in [-0.25, -0.2) is 4.98 Å². The predicted octanol–water partition coefficient (Wildman–Crippen LogP) is 2.74. The molecule has 0 spiro atoms. The summed E-state index contributed by atoms with van der Waals surface area (Å²) >= 11 is 3.16. The molecular formula is C10H12BrNO. The van der Waals surface area contributed by atoms with Gasteiger partial charge in [-0.1, -0.05) is 6.04 Å². The molecular weight excluding hydrogens is 230 g/mol. The van der Waals surface area contributed by atoms with Gasteiger partial charge in [0.2, 0.25) is 0 Å². The monoisotopic (exact) mass is 244 g/mol. The molecule has 1 aromatic rings. The first-order valence-electron chi connectivity index (χ1n) is 5.82. The van der Waals surface area contributed by atoms with Crippen molar-refractivity contribution in [2.45, 2.75) is 18.8 Å². The fourth-order valence-corrected chi connectivity index (χ4v) is 1.76. The molecule has 1 saturated heterocycles. The van der Waals surface area contributed by atoms with Gasteiger partial charge in [-0.2, -0.15) is 0 Å². The number of hydrogen-bond acceptors (Lipinski definition) is 2. The summed E-state index contributed by atoms with van der Waals surface area (Å²) in [4.78, 5) is 4.22. The zero-order valence-electron chi connectivity index (χ0n) is 10.1. The predicted molar refractivity (Wildman–Crippen MR) is 54.7 cm³/mol. The number of ether oxygens (including phenoxy) is 1. The van der Waals surface area contributed by atoms with E-state index in [1.807, 2.05) is 0 Å². The normalized spacial score (nSPS) is 22.1. The summed E-state index contributed by atoms with van der Waals surface area (Å²) in [7, 11) is 0. The Bertz CT molecular complexity index is 408. The standard InChI is InChI=1S/C10H12BrNO/c11-10-3-1-2-9(12-10)8-4-6-13-7-5-8/h1-3,8H,4-7H2/i1D,2D,3D. The summed E-state index contributed by atoms with van der Waals surface area (Å²) in [6, 6.07) is 0.0178. The van der Waals surface area contributed by atoms with Gasteiger partial charge in [0, 0.05) is 24.8 Å². The first kappa shape index (κ1) is 6.14. The molecule has 0 saturated carbocycles. The van der Waals surface area contributed by atoms with Crippen molar-refractivity contribution in [3.05, 3.63) is 28.4 Å². The van der Waals surface area contributed by atoms with Gasteiger partial charge in [0.05, 0.1) is 4.11 Å². The number of nitrogens with zero attached hydrogens (tertiary/aromatic N) is 1. The van der Waals surface area contributed by atoms with Gasteiger partial charge in [0.25, 0.3) is 0 Å². The number of halogens is 1. The minimum absolute atomic E-state index is 0.0131. The zero-order valence-corrected chi connectivity index (χ0v) is 8.73. The third-order valence-electron chi connectivity index (χ3n) is 2.18. The maximum absolute atomic E-state index is 7.84. The first-order chi connectivity index (χ1) is 7.61. The summed E-state index contributed by atoms with van der Waals surface area (Å²) in [5.41, 5.74) is 0.621. The highest BCUT2D eigenvalue weighted by Crippen LogP contribution is 2.25. The maximum Gasteiger partial charge on any atom is 0.106 e. The van der Waals surface area contributed by atoms with E-state index in [0.717, 1.165) is 12.8 Å². The smallest absolute Gasteiger partial charge is 0.106 e. The molecule has 0 aromatic carbocycles.